The number of amides is 3. The molecule has 0 bridgehead atoms. The number of aliphatic carboxylic acids is 1. The number of carbonyl (C=O) groups is 4. The number of nitrogens with zero attached hydrogens (tertiary/aromatic N) is 3. The molecule has 11 nitrogen and oxygen atoms in total. The largest absolute Gasteiger partial charge is 0.477 e. The number of thiazole rings is 1. The Hall–Kier alpha value is -3.08. The fourth-order valence-corrected chi connectivity index (χ4v) is 5.17. The van der Waals surface area contributed by atoms with Crippen LogP contribution in [-0.4, -0.2) is 74.6 Å². The van der Waals surface area contributed by atoms with Crippen LogP contribution in [0, 0.1) is 12.3 Å². The van der Waals surface area contributed by atoms with Gasteiger partial charge in [0.2, 0.25) is 6.41 Å². The van der Waals surface area contributed by atoms with E-state index in [1.807, 2.05) is 0 Å². The highest BCUT2D eigenvalue weighted by Gasteiger charge is 2.54. The van der Waals surface area contributed by atoms with Crippen LogP contribution >= 0.6 is 34.7 Å². The number of hydrogen-bond acceptors (Lipinski definition) is 9. The summed E-state index contributed by atoms with van der Waals surface area (Å²) in [5.41, 5.74) is 0.105. The maximum atomic E-state index is 12.8. The molecule has 1 aromatic rings. The minimum atomic E-state index is -1.26. The predicted molar refractivity (Wildman–Crippen MR) is 114 cm³/mol. The molecule has 3 N–H and O–H groups in total. The molecular formula is C17H14ClN5O6S2. The Morgan fingerprint density at radius 1 is 1.55 bits per heavy atom. The van der Waals surface area contributed by atoms with Crippen LogP contribution < -0.4 is 10.6 Å². The summed E-state index contributed by atoms with van der Waals surface area (Å²) in [5.74, 6) is -0.137. The highest BCUT2D eigenvalue weighted by Crippen LogP contribution is 2.40. The average molecular weight is 484 g/mol. The number of carboxylic acid groups (broad SMARTS) is 1. The van der Waals surface area contributed by atoms with Gasteiger partial charge in [-0.05, 0) is 5.57 Å². The third-order valence-electron chi connectivity index (χ3n) is 4.15. The minimum absolute atomic E-state index is 0.0214. The molecule has 1 saturated heterocycles. The maximum absolute atomic E-state index is 12.8. The van der Waals surface area contributed by atoms with Crippen molar-refractivity contribution < 1.29 is 29.1 Å². The second-order valence-electron chi connectivity index (χ2n) is 5.97. The lowest BCUT2D eigenvalue weighted by Gasteiger charge is -2.49. The lowest BCUT2D eigenvalue weighted by Crippen LogP contribution is -2.71. The second-order valence-corrected chi connectivity index (χ2v) is 8.20. The number of terminal acetylenes is 1. The zero-order valence-electron chi connectivity index (χ0n) is 15.5. The molecule has 1 aromatic heterocycles. The lowest BCUT2D eigenvalue weighted by molar-refractivity contribution is -0.150. The van der Waals surface area contributed by atoms with Crippen molar-refractivity contribution >= 4 is 69.7 Å². The van der Waals surface area contributed by atoms with Crippen LogP contribution in [0.3, 0.4) is 0 Å². The normalized spacial score (nSPS) is 20.3. The summed E-state index contributed by atoms with van der Waals surface area (Å²) >= 11 is 8.13. The lowest BCUT2D eigenvalue weighted by atomic mass is 10.0. The maximum Gasteiger partial charge on any atom is 0.352 e. The van der Waals surface area contributed by atoms with E-state index < -0.39 is 29.2 Å². The highest BCUT2D eigenvalue weighted by atomic mass is 35.5. The van der Waals surface area contributed by atoms with Crippen LogP contribution in [-0.2, 0) is 24.0 Å². The summed E-state index contributed by atoms with van der Waals surface area (Å²) in [6.45, 7) is -0.205. The summed E-state index contributed by atoms with van der Waals surface area (Å²) in [6.07, 6.45) is 5.54. The SMILES string of the molecule is C#CCON=C(C(=O)NC1C(=O)N2C(C(=O)O)=C(CCl)CS[C@@H]12)c1csc(NC=O)n1. The van der Waals surface area contributed by atoms with Gasteiger partial charge in [-0.15, -0.1) is 41.1 Å². The summed E-state index contributed by atoms with van der Waals surface area (Å²) in [5, 5.41) is 19.1. The second kappa shape index (κ2) is 9.82. The van der Waals surface area contributed by atoms with Crippen LogP contribution in [0.1, 0.15) is 5.69 Å². The highest BCUT2D eigenvalue weighted by molar-refractivity contribution is 8.00. The number of alkyl halides is 1. The van der Waals surface area contributed by atoms with E-state index in [9.17, 15) is 24.3 Å². The number of β-lactam (4-membered cyclic amide) rings is 1. The molecule has 2 aliphatic heterocycles. The zero-order valence-corrected chi connectivity index (χ0v) is 17.9. The van der Waals surface area contributed by atoms with E-state index >= 15 is 0 Å². The Labute approximate surface area is 188 Å². The molecule has 0 aromatic carbocycles. The van der Waals surface area contributed by atoms with Gasteiger partial charge in [0.15, 0.2) is 17.5 Å². The van der Waals surface area contributed by atoms with Crippen LogP contribution in [0.15, 0.2) is 21.8 Å². The Morgan fingerprint density at radius 3 is 2.97 bits per heavy atom. The summed E-state index contributed by atoms with van der Waals surface area (Å²) in [7, 11) is 0. The standard InChI is InChI=1S/C17H14ClN5O6S2/c1-2-3-29-22-10(9-6-31-17(20-9)19-7-24)13(25)21-11-14(26)23-12(16(27)28)8(4-18)5-30-15(11)23/h1,6-7,11,15H,3-5H2,(H,21,25)(H,27,28)(H,19,20,24)/t11?,15-/m0/s1. The van der Waals surface area contributed by atoms with Crippen LogP contribution in [0.25, 0.3) is 0 Å². The van der Waals surface area contributed by atoms with Crippen molar-refractivity contribution in [3.05, 3.63) is 22.3 Å². The van der Waals surface area contributed by atoms with Crippen LogP contribution in [0.2, 0.25) is 0 Å². The molecular weight excluding hydrogens is 470 g/mol. The predicted octanol–water partition coefficient (Wildman–Crippen LogP) is 0.0427. The Kier molecular flexibility index (Phi) is 7.16. The van der Waals surface area contributed by atoms with E-state index in [0.717, 1.165) is 16.2 Å². The molecule has 3 amide bonds. The number of fused-ring (bicyclic) bond motifs is 1. The van der Waals surface area contributed by atoms with Gasteiger partial charge in [0, 0.05) is 17.0 Å². The van der Waals surface area contributed by atoms with Gasteiger partial charge in [0.25, 0.3) is 11.8 Å². The molecule has 0 saturated carbocycles. The van der Waals surface area contributed by atoms with Gasteiger partial charge in [-0.3, -0.25) is 19.3 Å². The Morgan fingerprint density at radius 2 is 2.32 bits per heavy atom. The number of oxime groups is 1. The molecule has 14 heteroatoms. The van der Waals surface area contributed by atoms with Crippen LogP contribution in [0.4, 0.5) is 5.13 Å². The quantitative estimate of drug-likeness (QED) is 0.0847. The molecule has 0 radical (unpaired) electrons. The topological polar surface area (TPSA) is 150 Å². The molecule has 2 atom stereocenters. The van der Waals surface area contributed by atoms with E-state index in [1.165, 1.54) is 17.1 Å². The van der Waals surface area contributed by atoms with Gasteiger partial charge < -0.3 is 20.6 Å². The van der Waals surface area contributed by atoms with Gasteiger partial charge in [-0.2, -0.15) is 0 Å². The van der Waals surface area contributed by atoms with Crippen LogP contribution in [0.5, 0.6) is 0 Å². The first kappa shape index (κ1) is 22.6. The van der Waals surface area contributed by atoms with Crippen molar-refractivity contribution in [3.8, 4) is 12.3 Å². The fourth-order valence-electron chi connectivity index (χ4n) is 2.83. The molecule has 1 fully saturated rings. The summed E-state index contributed by atoms with van der Waals surface area (Å²) in [6, 6.07) is -0.979. The minimum Gasteiger partial charge on any atom is -0.477 e. The third-order valence-corrected chi connectivity index (χ3v) is 6.58. The van der Waals surface area contributed by atoms with E-state index in [-0.39, 0.29) is 34.7 Å². The third kappa shape index (κ3) is 4.50. The van der Waals surface area contributed by atoms with Gasteiger partial charge in [-0.1, -0.05) is 11.1 Å². The first-order chi connectivity index (χ1) is 14.9. The molecule has 2 aliphatic rings. The monoisotopic (exact) mass is 483 g/mol. The van der Waals surface area contributed by atoms with Gasteiger partial charge in [-0.25, -0.2) is 9.78 Å². The molecule has 0 aliphatic carbocycles. The first-order valence-electron chi connectivity index (χ1n) is 8.49. The van der Waals surface area contributed by atoms with Crippen molar-refractivity contribution in [2.45, 2.75) is 11.4 Å². The first-order valence-corrected chi connectivity index (χ1v) is 11.0. The number of halogens is 1. The summed E-state index contributed by atoms with van der Waals surface area (Å²) < 4.78 is 0. The number of carboxylic acids is 1. The van der Waals surface area contributed by atoms with E-state index in [2.05, 4.69) is 26.7 Å². The fraction of sp³-hybridized carbons (Fsp3) is 0.294. The van der Waals surface area contributed by atoms with Crippen molar-refractivity contribution in [2.75, 3.05) is 23.6 Å². The van der Waals surface area contributed by atoms with E-state index in [0.29, 0.717) is 17.7 Å². The number of rotatable bonds is 9. The van der Waals surface area contributed by atoms with E-state index in [1.54, 1.807) is 0 Å². The zero-order chi connectivity index (χ0) is 22.5. The van der Waals surface area contributed by atoms with Crippen molar-refractivity contribution in [1.82, 2.24) is 15.2 Å². The van der Waals surface area contributed by atoms with Gasteiger partial charge >= 0.3 is 5.97 Å². The average Bonchev–Trinajstić information content (AvgIpc) is 3.22. The van der Waals surface area contributed by atoms with E-state index in [4.69, 9.17) is 22.9 Å². The van der Waals surface area contributed by atoms with Gasteiger partial charge in [0.1, 0.15) is 22.8 Å². The van der Waals surface area contributed by atoms with Crippen molar-refractivity contribution in [2.24, 2.45) is 5.16 Å². The number of aromatic nitrogens is 1. The molecule has 0 spiro atoms. The number of anilines is 1. The number of nitrogens with one attached hydrogen (secondary N) is 2. The number of carbonyl (C=O) groups excluding carboxylic acids is 3. The molecule has 3 heterocycles. The van der Waals surface area contributed by atoms with Gasteiger partial charge in [0.05, 0.1) is 0 Å². The Bertz CT molecular complexity index is 1030. The van der Waals surface area contributed by atoms with Crippen molar-refractivity contribution in [3.63, 3.8) is 0 Å². The van der Waals surface area contributed by atoms with Crippen molar-refractivity contribution in [1.29, 1.82) is 0 Å². The smallest absolute Gasteiger partial charge is 0.352 e. The Balaban J connectivity index is 1.80. The molecule has 3 rings (SSSR count). The number of hydrogen-bond donors (Lipinski definition) is 3. The number of thioether (sulfide) groups is 1. The molecule has 162 valence electrons. The molecule has 31 heavy (non-hydrogen) atoms. The molecule has 1 unspecified atom stereocenters. The summed E-state index contributed by atoms with van der Waals surface area (Å²) in [4.78, 5) is 57.7.